The molecule has 1 unspecified atom stereocenters. The molecule has 1 saturated heterocycles. The van der Waals surface area contributed by atoms with Gasteiger partial charge < -0.3 is 5.32 Å². The Bertz CT molecular complexity index is 104. The summed E-state index contributed by atoms with van der Waals surface area (Å²) in [5, 5.41) is 3.65. The molecule has 0 saturated carbocycles. The number of hydrogen-bond acceptors (Lipinski definition) is 2. The Balaban J connectivity index is 2.06. The molecule has 1 aliphatic heterocycles. The van der Waals surface area contributed by atoms with Gasteiger partial charge in [-0.2, -0.15) is 11.8 Å². The summed E-state index contributed by atoms with van der Waals surface area (Å²) in [6.07, 6.45) is 3.98. The van der Waals surface area contributed by atoms with Gasteiger partial charge in [0.1, 0.15) is 0 Å². The SMILES string of the molecule is CCC(CC)NCC1CCSC1. The molecule has 0 aromatic rings. The molecule has 0 amide bonds. The van der Waals surface area contributed by atoms with Crippen molar-refractivity contribution in [2.75, 3.05) is 18.1 Å². The number of rotatable bonds is 5. The van der Waals surface area contributed by atoms with E-state index in [4.69, 9.17) is 0 Å². The molecule has 1 atom stereocenters. The Morgan fingerprint density at radius 2 is 2.17 bits per heavy atom. The third kappa shape index (κ3) is 3.36. The fourth-order valence-electron chi connectivity index (χ4n) is 1.66. The average molecular weight is 187 g/mol. The van der Waals surface area contributed by atoms with Crippen molar-refractivity contribution >= 4 is 11.8 Å². The fraction of sp³-hybridized carbons (Fsp3) is 1.00. The van der Waals surface area contributed by atoms with E-state index in [-0.39, 0.29) is 0 Å². The monoisotopic (exact) mass is 187 g/mol. The fourth-order valence-corrected chi connectivity index (χ4v) is 2.94. The van der Waals surface area contributed by atoms with Gasteiger partial charge in [-0.1, -0.05) is 13.8 Å². The number of hydrogen-bond donors (Lipinski definition) is 1. The van der Waals surface area contributed by atoms with Gasteiger partial charge in [-0.15, -0.1) is 0 Å². The molecule has 0 radical (unpaired) electrons. The Hall–Kier alpha value is 0.310. The predicted octanol–water partition coefficient (Wildman–Crippen LogP) is 2.52. The van der Waals surface area contributed by atoms with Crippen LogP contribution < -0.4 is 5.32 Å². The third-order valence-electron chi connectivity index (χ3n) is 2.70. The van der Waals surface area contributed by atoms with Crippen LogP contribution in [-0.4, -0.2) is 24.1 Å². The minimum Gasteiger partial charge on any atom is -0.314 e. The van der Waals surface area contributed by atoms with Gasteiger partial charge in [-0.05, 0) is 43.2 Å². The molecule has 1 N–H and O–H groups in total. The second kappa shape index (κ2) is 5.87. The minimum atomic E-state index is 0.760. The first-order valence-corrected chi connectivity index (χ1v) is 6.33. The van der Waals surface area contributed by atoms with E-state index >= 15 is 0 Å². The standard InChI is InChI=1S/C10H21NS/c1-3-10(4-2)11-7-9-5-6-12-8-9/h9-11H,3-8H2,1-2H3. The summed E-state index contributed by atoms with van der Waals surface area (Å²) < 4.78 is 0. The maximum atomic E-state index is 3.65. The predicted molar refractivity (Wildman–Crippen MR) is 57.8 cm³/mol. The highest BCUT2D eigenvalue weighted by atomic mass is 32.2. The van der Waals surface area contributed by atoms with E-state index in [1.54, 1.807) is 0 Å². The highest BCUT2D eigenvalue weighted by Gasteiger charge is 2.15. The van der Waals surface area contributed by atoms with Gasteiger partial charge in [-0.3, -0.25) is 0 Å². The Morgan fingerprint density at radius 1 is 1.42 bits per heavy atom. The largest absolute Gasteiger partial charge is 0.314 e. The average Bonchev–Trinajstić information content (AvgIpc) is 2.59. The highest BCUT2D eigenvalue weighted by Crippen LogP contribution is 2.22. The maximum absolute atomic E-state index is 3.65. The molecule has 1 fully saturated rings. The van der Waals surface area contributed by atoms with Crippen LogP contribution in [0.5, 0.6) is 0 Å². The van der Waals surface area contributed by atoms with Crippen LogP contribution in [0.4, 0.5) is 0 Å². The Labute approximate surface area is 80.7 Å². The van der Waals surface area contributed by atoms with Gasteiger partial charge in [0.25, 0.3) is 0 Å². The molecule has 2 heteroatoms. The normalized spacial score (nSPS) is 23.8. The quantitative estimate of drug-likeness (QED) is 0.710. The number of nitrogens with one attached hydrogen (secondary N) is 1. The lowest BCUT2D eigenvalue weighted by molar-refractivity contribution is 0.432. The van der Waals surface area contributed by atoms with E-state index in [1.165, 1.54) is 37.3 Å². The molecule has 0 bridgehead atoms. The molecule has 0 aliphatic carbocycles. The van der Waals surface area contributed by atoms with Crippen molar-refractivity contribution < 1.29 is 0 Å². The molecular weight excluding hydrogens is 166 g/mol. The molecule has 1 aliphatic rings. The summed E-state index contributed by atoms with van der Waals surface area (Å²) in [5.41, 5.74) is 0. The first-order chi connectivity index (χ1) is 5.86. The lowest BCUT2D eigenvalue weighted by Crippen LogP contribution is -2.32. The summed E-state index contributed by atoms with van der Waals surface area (Å²) in [6, 6.07) is 0.760. The minimum absolute atomic E-state index is 0.760. The molecule has 0 aromatic heterocycles. The van der Waals surface area contributed by atoms with E-state index in [0.717, 1.165) is 12.0 Å². The van der Waals surface area contributed by atoms with Gasteiger partial charge in [0, 0.05) is 6.04 Å². The molecule has 1 heterocycles. The summed E-state index contributed by atoms with van der Waals surface area (Å²) in [4.78, 5) is 0. The van der Waals surface area contributed by atoms with E-state index in [1.807, 2.05) is 0 Å². The first kappa shape index (κ1) is 10.4. The summed E-state index contributed by atoms with van der Waals surface area (Å²) in [5.74, 6) is 3.72. The summed E-state index contributed by atoms with van der Waals surface area (Å²) in [7, 11) is 0. The van der Waals surface area contributed by atoms with Gasteiger partial charge in [0.2, 0.25) is 0 Å². The van der Waals surface area contributed by atoms with Gasteiger partial charge in [0.15, 0.2) is 0 Å². The van der Waals surface area contributed by atoms with Crippen molar-refractivity contribution in [2.45, 2.75) is 39.2 Å². The Kier molecular flexibility index (Phi) is 5.08. The lowest BCUT2D eigenvalue weighted by atomic mass is 10.1. The zero-order valence-electron chi connectivity index (χ0n) is 8.31. The van der Waals surface area contributed by atoms with E-state index in [9.17, 15) is 0 Å². The lowest BCUT2D eigenvalue weighted by Gasteiger charge is -2.17. The van der Waals surface area contributed by atoms with Crippen LogP contribution in [0.3, 0.4) is 0 Å². The highest BCUT2D eigenvalue weighted by molar-refractivity contribution is 7.99. The second-order valence-electron chi connectivity index (χ2n) is 3.65. The van der Waals surface area contributed by atoms with Crippen LogP contribution >= 0.6 is 11.8 Å². The van der Waals surface area contributed by atoms with Crippen molar-refractivity contribution in [1.29, 1.82) is 0 Å². The van der Waals surface area contributed by atoms with Crippen molar-refractivity contribution in [2.24, 2.45) is 5.92 Å². The molecule has 72 valence electrons. The summed E-state index contributed by atoms with van der Waals surface area (Å²) in [6.45, 7) is 5.79. The van der Waals surface area contributed by atoms with Crippen LogP contribution in [0.25, 0.3) is 0 Å². The molecule has 12 heavy (non-hydrogen) atoms. The molecule has 0 spiro atoms. The van der Waals surface area contributed by atoms with Crippen LogP contribution in [0.1, 0.15) is 33.1 Å². The topological polar surface area (TPSA) is 12.0 Å². The zero-order valence-corrected chi connectivity index (χ0v) is 9.12. The Morgan fingerprint density at radius 3 is 2.67 bits per heavy atom. The molecule has 1 nitrogen and oxygen atoms in total. The van der Waals surface area contributed by atoms with Crippen molar-refractivity contribution in [3.05, 3.63) is 0 Å². The van der Waals surface area contributed by atoms with E-state index in [0.29, 0.717) is 0 Å². The summed E-state index contributed by atoms with van der Waals surface area (Å²) >= 11 is 2.11. The third-order valence-corrected chi connectivity index (χ3v) is 3.94. The van der Waals surface area contributed by atoms with Crippen molar-refractivity contribution in [3.8, 4) is 0 Å². The van der Waals surface area contributed by atoms with Crippen molar-refractivity contribution in [1.82, 2.24) is 5.32 Å². The van der Waals surface area contributed by atoms with E-state index < -0.39 is 0 Å². The molecular formula is C10H21NS. The first-order valence-electron chi connectivity index (χ1n) is 5.18. The zero-order chi connectivity index (χ0) is 8.81. The van der Waals surface area contributed by atoms with Crippen LogP contribution in [0, 0.1) is 5.92 Å². The van der Waals surface area contributed by atoms with E-state index in [2.05, 4.69) is 30.9 Å². The molecule has 0 aromatic carbocycles. The van der Waals surface area contributed by atoms with Crippen LogP contribution in [-0.2, 0) is 0 Å². The maximum Gasteiger partial charge on any atom is 0.00619 e. The second-order valence-corrected chi connectivity index (χ2v) is 4.80. The number of thioether (sulfide) groups is 1. The van der Waals surface area contributed by atoms with Crippen LogP contribution in [0.2, 0.25) is 0 Å². The molecule has 1 rings (SSSR count). The van der Waals surface area contributed by atoms with Gasteiger partial charge >= 0.3 is 0 Å². The van der Waals surface area contributed by atoms with Gasteiger partial charge in [-0.25, -0.2) is 0 Å². The van der Waals surface area contributed by atoms with Crippen molar-refractivity contribution in [3.63, 3.8) is 0 Å². The smallest absolute Gasteiger partial charge is 0.00619 e. The van der Waals surface area contributed by atoms with Gasteiger partial charge in [0.05, 0.1) is 0 Å². The van der Waals surface area contributed by atoms with Crippen LogP contribution in [0.15, 0.2) is 0 Å².